The van der Waals surface area contributed by atoms with Gasteiger partial charge in [0.25, 0.3) is 11.6 Å². The first-order valence-electron chi connectivity index (χ1n) is 6.40. The van der Waals surface area contributed by atoms with Crippen LogP contribution in [-0.4, -0.2) is 23.7 Å². The molecule has 0 aliphatic rings. The van der Waals surface area contributed by atoms with Crippen LogP contribution in [0.3, 0.4) is 0 Å². The molecule has 0 aromatic heterocycles. The van der Waals surface area contributed by atoms with Crippen LogP contribution in [0.1, 0.15) is 5.56 Å². The van der Waals surface area contributed by atoms with Gasteiger partial charge in [0.1, 0.15) is 5.75 Å². The van der Waals surface area contributed by atoms with Crippen molar-refractivity contribution < 1.29 is 14.5 Å². The molecule has 2 rings (SSSR count). The highest BCUT2D eigenvalue weighted by Gasteiger charge is 2.10. The number of rotatable bonds is 6. The minimum absolute atomic E-state index is 0.0824. The van der Waals surface area contributed by atoms with E-state index in [0.717, 1.165) is 0 Å². The lowest BCUT2D eigenvalue weighted by molar-refractivity contribution is -0.385. The second-order valence-corrected chi connectivity index (χ2v) is 4.21. The van der Waals surface area contributed by atoms with Crippen molar-refractivity contribution in [2.24, 2.45) is 5.10 Å². The Balaban J connectivity index is 1.87. The number of ether oxygens (including phenoxy) is 1. The second-order valence-electron chi connectivity index (χ2n) is 4.21. The van der Waals surface area contributed by atoms with Crippen molar-refractivity contribution in [1.82, 2.24) is 5.43 Å². The van der Waals surface area contributed by atoms with E-state index in [4.69, 9.17) is 4.74 Å². The number of para-hydroxylation sites is 2. The SMILES string of the molecule is O=C(COc1ccccc1)N/N=C\c1ccccc1[N+](=O)[O-]. The summed E-state index contributed by atoms with van der Waals surface area (Å²) in [4.78, 5) is 21.8. The molecule has 0 heterocycles. The van der Waals surface area contributed by atoms with Gasteiger partial charge in [0, 0.05) is 6.07 Å². The summed E-state index contributed by atoms with van der Waals surface area (Å²) in [6, 6.07) is 15.0. The van der Waals surface area contributed by atoms with E-state index < -0.39 is 10.8 Å². The van der Waals surface area contributed by atoms with E-state index in [1.807, 2.05) is 6.07 Å². The van der Waals surface area contributed by atoms with Crippen molar-refractivity contribution in [3.8, 4) is 5.75 Å². The number of hydrogen-bond donors (Lipinski definition) is 1. The molecular weight excluding hydrogens is 286 g/mol. The summed E-state index contributed by atoms with van der Waals surface area (Å²) >= 11 is 0. The molecule has 7 nitrogen and oxygen atoms in total. The van der Waals surface area contributed by atoms with Crippen LogP contribution in [0.5, 0.6) is 5.75 Å². The maximum Gasteiger partial charge on any atom is 0.278 e. The number of nitro groups is 1. The zero-order chi connectivity index (χ0) is 15.8. The molecule has 0 bridgehead atoms. The Labute approximate surface area is 126 Å². The monoisotopic (exact) mass is 299 g/mol. The predicted molar refractivity (Wildman–Crippen MR) is 80.8 cm³/mol. The maximum absolute atomic E-state index is 11.5. The van der Waals surface area contributed by atoms with E-state index in [2.05, 4.69) is 10.5 Å². The van der Waals surface area contributed by atoms with Crippen LogP contribution in [-0.2, 0) is 4.79 Å². The first-order chi connectivity index (χ1) is 10.7. The lowest BCUT2D eigenvalue weighted by atomic mass is 10.2. The van der Waals surface area contributed by atoms with E-state index in [-0.39, 0.29) is 12.3 Å². The third kappa shape index (κ3) is 4.41. The van der Waals surface area contributed by atoms with Crippen LogP contribution in [0, 0.1) is 10.1 Å². The molecule has 0 unspecified atom stereocenters. The molecule has 0 radical (unpaired) electrons. The fourth-order valence-electron chi connectivity index (χ4n) is 1.63. The van der Waals surface area contributed by atoms with Crippen LogP contribution in [0.15, 0.2) is 59.7 Å². The number of benzene rings is 2. The van der Waals surface area contributed by atoms with Gasteiger partial charge in [-0.1, -0.05) is 30.3 Å². The molecular formula is C15H13N3O4. The fraction of sp³-hybridized carbons (Fsp3) is 0.0667. The van der Waals surface area contributed by atoms with Crippen LogP contribution in [0.25, 0.3) is 0 Å². The van der Waals surface area contributed by atoms with Gasteiger partial charge in [0.2, 0.25) is 0 Å². The zero-order valence-corrected chi connectivity index (χ0v) is 11.5. The summed E-state index contributed by atoms with van der Waals surface area (Å²) < 4.78 is 5.24. The lowest BCUT2D eigenvalue weighted by Crippen LogP contribution is -2.24. The number of nitrogens with zero attached hydrogens (tertiary/aromatic N) is 2. The number of nitrogens with one attached hydrogen (secondary N) is 1. The largest absolute Gasteiger partial charge is 0.484 e. The second kappa shape index (κ2) is 7.53. The molecule has 0 spiro atoms. The van der Waals surface area contributed by atoms with E-state index in [1.54, 1.807) is 36.4 Å². The fourth-order valence-corrected chi connectivity index (χ4v) is 1.63. The van der Waals surface area contributed by atoms with Crippen LogP contribution >= 0.6 is 0 Å². The average Bonchev–Trinajstić information content (AvgIpc) is 2.54. The van der Waals surface area contributed by atoms with Crippen molar-refractivity contribution in [2.45, 2.75) is 0 Å². The standard InChI is InChI=1S/C15H13N3O4/c19-15(11-22-13-7-2-1-3-8-13)17-16-10-12-6-4-5-9-14(12)18(20)21/h1-10H,11H2,(H,17,19)/b16-10-. The summed E-state index contributed by atoms with van der Waals surface area (Å²) in [5, 5.41) is 14.5. The van der Waals surface area contributed by atoms with Gasteiger partial charge in [-0.05, 0) is 18.2 Å². The normalized spacial score (nSPS) is 10.4. The molecule has 0 atom stereocenters. The summed E-state index contributed by atoms with van der Waals surface area (Å²) in [6.45, 7) is -0.196. The number of amides is 1. The number of hydrazone groups is 1. The van der Waals surface area contributed by atoms with Gasteiger partial charge < -0.3 is 4.74 Å². The van der Waals surface area contributed by atoms with Gasteiger partial charge in [-0.3, -0.25) is 14.9 Å². The smallest absolute Gasteiger partial charge is 0.278 e. The first-order valence-corrected chi connectivity index (χ1v) is 6.40. The minimum atomic E-state index is -0.512. The number of carbonyl (C=O) groups excluding carboxylic acids is 1. The third-order valence-electron chi connectivity index (χ3n) is 2.64. The summed E-state index contributed by atoms with van der Waals surface area (Å²) in [5.41, 5.74) is 2.47. The van der Waals surface area contributed by atoms with Crippen molar-refractivity contribution in [3.05, 3.63) is 70.3 Å². The van der Waals surface area contributed by atoms with Crippen molar-refractivity contribution in [2.75, 3.05) is 6.61 Å². The van der Waals surface area contributed by atoms with Gasteiger partial charge in [-0.2, -0.15) is 5.10 Å². The highest BCUT2D eigenvalue weighted by atomic mass is 16.6. The Morgan fingerprint density at radius 1 is 1.18 bits per heavy atom. The number of hydrogen-bond acceptors (Lipinski definition) is 5. The topological polar surface area (TPSA) is 93.8 Å². The summed E-state index contributed by atoms with van der Waals surface area (Å²) in [7, 11) is 0. The molecule has 1 N–H and O–H groups in total. The molecule has 0 aliphatic heterocycles. The Bertz CT molecular complexity index is 686. The van der Waals surface area contributed by atoms with Crippen molar-refractivity contribution in [3.63, 3.8) is 0 Å². The Morgan fingerprint density at radius 2 is 1.86 bits per heavy atom. The van der Waals surface area contributed by atoms with E-state index in [0.29, 0.717) is 11.3 Å². The Kier molecular flexibility index (Phi) is 5.20. The van der Waals surface area contributed by atoms with Gasteiger partial charge in [0.05, 0.1) is 16.7 Å². The van der Waals surface area contributed by atoms with E-state index in [9.17, 15) is 14.9 Å². The Hall–Kier alpha value is -3.22. The zero-order valence-electron chi connectivity index (χ0n) is 11.5. The maximum atomic E-state index is 11.5. The highest BCUT2D eigenvalue weighted by molar-refractivity contribution is 5.86. The van der Waals surface area contributed by atoms with Gasteiger partial charge in [-0.15, -0.1) is 0 Å². The summed E-state index contributed by atoms with van der Waals surface area (Å²) in [6.07, 6.45) is 1.22. The molecule has 0 fully saturated rings. The summed E-state index contributed by atoms with van der Waals surface area (Å²) in [5.74, 6) is 0.110. The van der Waals surface area contributed by atoms with Gasteiger partial charge >= 0.3 is 0 Å². The van der Waals surface area contributed by atoms with Gasteiger partial charge in [0.15, 0.2) is 6.61 Å². The highest BCUT2D eigenvalue weighted by Crippen LogP contribution is 2.15. The molecule has 112 valence electrons. The van der Waals surface area contributed by atoms with Gasteiger partial charge in [-0.25, -0.2) is 5.43 Å². The molecule has 1 amide bonds. The Morgan fingerprint density at radius 3 is 2.59 bits per heavy atom. The van der Waals surface area contributed by atoms with Crippen LogP contribution in [0.4, 0.5) is 5.69 Å². The minimum Gasteiger partial charge on any atom is -0.484 e. The van der Waals surface area contributed by atoms with Crippen LogP contribution in [0.2, 0.25) is 0 Å². The molecule has 7 heteroatoms. The molecule has 22 heavy (non-hydrogen) atoms. The lowest BCUT2D eigenvalue weighted by Gasteiger charge is -2.04. The third-order valence-corrected chi connectivity index (χ3v) is 2.64. The number of nitro benzene ring substituents is 1. The first kappa shape index (κ1) is 15.2. The molecule has 0 saturated heterocycles. The van der Waals surface area contributed by atoms with Crippen molar-refractivity contribution >= 4 is 17.8 Å². The molecule has 2 aromatic carbocycles. The quantitative estimate of drug-likeness (QED) is 0.502. The predicted octanol–water partition coefficient (Wildman–Crippen LogP) is 2.12. The average molecular weight is 299 g/mol. The number of carbonyl (C=O) groups is 1. The van der Waals surface area contributed by atoms with Crippen LogP contribution < -0.4 is 10.2 Å². The molecule has 0 saturated carbocycles. The van der Waals surface area contributed by atoms with Crippen molar-refractivity contribution in [1.29, 1.82) is 0 Å². The molecule has 2 aromatic rings. The van der Waals surface area contributed by atoms with E-state index >= 15 is 0 Å². The molecule has 0 aliphatic carbocycles. The van der Waals surface area contributed by atoms with E-state index in [1.165, 1.54) is 18.3 Å².